The van der Waals surface area contributed by atoms with Crippen LogP contribution in [0.2, 0.25) is 0 Å². The van der Waals surface area contributed by atoms with Gasteiger partial charge in [-0.25, -0.2) is 0 Å². The number of likely N-dealkylation sites (N-methyl/N-ethyl adjacent to an activating group) is 4. The van der Waals surface area contributed by atoms with Gasteiger partial charge in [-0.1, -0.05) is 67.5 Å². The SMILES string of the molecule is CC(C)C[C@@H]1NC(=O)[C@H](CC(C)C)N(C)C(=O)[C@@H](C)NC(=O)C[C@@H](C(=O)N2CCCCC2)N(C)C(=O)[C@H](CC(C)C)N(C)C(=O)[C@H]([C@@H](C)O)NC(=O)[C@H](CC(C)C)N(C)C(=O)[C@H](Cc2ccc(C(F)(F)F)cc2)NC1=O. The van der Waals surface area contributed by atoms with Crippen LogP contribution in [0.1, 0.15) is 132 Å². The molecule has 0 saturated carbocycles. The number of nitrogens with zero attached hydrogens (tertiary/aromatic N) is 5. The van der Waals surface area contributed by atoms with Gasteiger partial charge in [-0.05, 0) is 100 Å². The molecular weight excluding hydrogens is 992 g/mol. The minimum atomic E-state index is -4.67. The minimum absolute atomic E-state index is 0.0149. The summed E-state index contributed by atoms with van der Waals surface area (Å²) in [6.07, 6.45) is -4.77. The van der Waals surface area contributed by atoms with Crippen LogP contribution in [0.5, 0.6) is 0 Å². The number of aliphatic hydroxyl groups excluding tert-OH is 1. The molecule has 1 aromatic carbocycles. The summed E-state index contributed by atoms with van der Waals surface area (Å²) < 4.78 is 41.0. The molecule has 1 aromatic rings. The molecule has 2 aliphatic rings. The van der Waals surface area contributed by atoms with Gasteiger partial charge in [0.1, 0.15) is 48.3 Å². The number of rotatable bonds is 12. The Kier molecular flexibility index (Phi) is 24.2. The standard InChI is InChI=1S/C54H86F3N9O10/c1-30(2)24-38-46(69)60-39(28-36-18-20-37(21-19-36)54(55,56)57)50(73)63(12)41(26-32(5)6)48(71)61-45(35(10)67)53(76)65(14)42(27-33(7)8)51(74)64(13)43(52(75)66-22-16-15-17-23-66)29-44(68)58-34(9)49(72)62(11)40(25-31(3)4)47(70)59-38/h18-21,30-35,38-43,45,67H,15-17,22-29H2,1-14H3,(H,58,68)(H,59,70)(H,60,69)(H,61,71)/t34-,35-,38+,39+,40+,41+,42+,43+,45+/m1/s1. The van der Waals surface area contributed by atoms with Gasteiger partial charge < -0.3 is 50.9 Å². The molecule has 9 atom stereocenters. The van der Waals surface area contributed by atoms with E-state index in [2.05, 4.69) is 21.3 Å². The summed E-state index contributed by atoms with van der Waals surface area (Å²) in [6.45, 7) is 17.8. The van der Waals surface area contributed by atoms with Crippen molar-refractivity contribution in [2.24, 2.45) is 23.7 Å². The number of nitrogens with one attached hydrogen (secondary N) is 4. The molecule has 19 nitrogen and oxygen atoms in total. The van der Waals surface area contributed by atoms with Crippen LogP contribution in [0.25, 0.3) is 0 Å². The van der Waals surface area contributed by atoms with Gasteiger partial charge in [-0.3, -0.25) is 43.2 Å². The molecule has 0 aromatic heterocycles. The summed E-state index contributed by atoms with van der Waals surface area (Å²) in [4.78, 5) is 137. The molecule has 2 fully saturated rings. The molecule has 0 aliphatic carbocycles. The van der Waals surface area contributed by atoms with E-state index in [1.54, 1.807) is 32.6 Å². The van der Waals surface area contributed by atoms with Crippen molar-refractivity contribution in [3.05, 3.63) is 35.4 Å². The number of benzene rings is 1. The minimum Gasteiger partial charge on any atom is -0.391 e. The molecule has 0 bridgehead atoms. The quantitative estimate of drug-likeness (QED) is 0.204. The van der Waals surface area contributed by atoms with Crippen molar-refractivity contribution in [2.45, 2.75) is 188 Å². The van der Waals surface area contributed by atoms with Crippen LogP contribution in [0.15, 0.2) is 24.3 Å². The predicted octanol–water partition coefficient (Wildman–Crippen LogP) is 3.50. The third-order valence-electron chi connectivity index (χ3n) is 14.0. The van der Waals surface area contributed by atoms with Gasteiger partial charge in [-0.15, -0.1) is 0 Å². The fourth-order valence-electron chi connectivity index (χ4n) is 9.67. The molecule has 3 rings (SSSR count). The molecule has 22 heteroatoms. The number of hydrogen-bond donors (Lipinski definition) is 5. The van der Waals surface area contributed by atoms with Crippen molar-refractivity contribution in [3.63, 3.8) is 0 Å². The zero-order valence-electron chi connectivity index (χ0n) is 47.1. The zero-order valence-corrected chi connectivity index (χ0v) is 47.1. The number of likely N-dealkylation sites (tertiary alicyclic amines) is 1. The van der Waals surface area contributed by atoms with Crippen LogP contribution < -0.4 is 21.3 Å². The molecule has 428 valence electrons. The summed E-state index contributed by atoms with van der Waals surface area (Å²) in [5.74, 6) is -7.85. The third kappa shape index (κ3) is 18.2. The summed E-state index contributed by atoms with van der Waals surface area (Å²) in [7, 11) is 5.35. The van der Waals surface area contributed by atoms with Crippen molar-refractivity contribution in [1.82, 2.24) is 45.8 Å². The number of carbonyl (C=O) groups excluding carboxylic acids is 9. The lowest BCUT2D eigenvalue weighted by molar-refractivity contribution is -0.154. The number of carbonyl (C=O) groups is 9. The molecule has 5 N–H and O–H groups in total. The lowest BCUT2D eigenvalue weighted by atomic mass is 9.97. The van der Waals surface area contributed by atoms with Crippen LogP contribution in [-0.4, -0.2) is 178 Å². The fraction of sp³-hybridized carbons (Fsp3) is 0.722. The van der Waals surface area contributed by atoms with E-state index in [1.165, 1.54) is 42.0 Å². The first-order chi connectivity index (χ1) is 35.3. The van der Waals surface area contributed by atoms with Crippen molar-refractivity contribution < 1.29 is 61.4 Å². The Hall–Kier alpha value is -5.80. The number of aliphatic hydroxyl groups is 1. The Bertz CT molecular complexity index is 2180. The van der Waals surface area contributed by atoms with E-state index in [1.807, 2.05) is 27.7 Å². The van der Waals surface area contributed by atoms with Gasteiger partial charge in [0.05, 0.1) is 18.1 Å². The summed E-state index contributed by atoms with van der Waals surface area (Å²) >= 11 is 0. The van der Waals surface area contributed by atoms with Crippen molar-refractivity contribution in [3.8, 4) is 0 Å². The highest BCUT2D eigenvalue weighted by Gasteiger charge is 2.43. The van der Waals surface area contributed by atoms with E-state index in [9.17, 15) is 61.4 Å². The van der Waals surface area contributed by atoms with Gasteiger partial charge >= 0.3 is 6.18 Å². The number of amides is 9. The molecular formula is C54H86F3N9O10. The molecule has 2 heterocycles. The first-order valence-electron chi connectivity index (χ1n) is 26.7. The molecule has 0 spiro atoms. The van der Waals surface area contributed by atoms with Gasteiger partial charge in [0.25, 0.3) is 0 Å². The molecule has 2 saturated heterocycles. The van der Waals surface area contributed by atoms with E-state index in [-0.39, 0.29) is 61.3 Å². The average molecular weight is 1080 g/mol. The van der Waals surface area contributed by atoms with Crippen LogP contribution in [0.3, 0.4) is 0 Å². The maximum Gasteiger partial charge on any atom is 0.416 e. The zero-order chi connectivity index (χ0) is 57.7. The van der Waals surface area contributed by atoms with Gasteiger partial charge in [0, 0.05) is 47.7 Å². The Labute approximate surface area is 447 Å². The monoisotopic (exact) mass is 1080 g/mol. The molecule has 9 amide bonds. The second-order valence-electron chi connectivity index (χ2n) is 22.5. The largest absolute Gasteiger partial charge is 0.416 e. The Balaban J connectivity index is 2.32. The van der Waals surface area contributed by atoms with E-state index in [4.69, 9.17) is 0 Å². The number of piperidine rings is 1. The second kappa shape index (κ2) is 28.5. The van der Waals surface area contributed by atoms with Crippen molar-refractivity contribution in [1.29, 1.82) is 0 Å². The molecule has 0 unspecified atom stereocenters. The van der Waals surface area contributed by atoms with E-state index in [0.29, 0.717) is 25.9 Å². The highest BCUT2D eigenvalue weighted by molar-refractivity contribution is 5.99. The normalized spacial score (nSPS) is 25.9. The van der Waals surface area contributed by atoms with Crippen LogP contribution in [0.4, 0.5) is 13.2 Å². The number of hydrogen-bond acceptors (Lipinski definition) is 10. The van der Waals surface area contributed by atoms with Crippen LogP contribution in [0, 0.1) is 23.7 Å². The number of halogens is 3. The maximum atomic E-state index is 14.9. The topological polar surface area (TPSA) is 238 Å². The number of alkyl halides is 3. The summed E-state index contributed by atoms with van der Waals surface area (Å²) in [5, 5.41) is 21.9. The maximum absolute atomic E-state index is 14.9. The van der Waals surface area contributed by atoms with Crippen LogP contribution >= 0.6 is 0 Å². The fourth-order valence-corrected chi connectivity index (χ4v) is 9.67. The van der Waals surface area contributed by atoms with Crippen molar-refractivity contribution >= 4 is 53.2 Å². The van der Waals surface area contributed by atoms with Crippen molar-refractivity contribution in [2.75, 3.05) is 41.3 Å². The summed E-state index contributed by atoms with van der Waals surface area (Å²) in [5.41, 5.74) is -0.748. The van der Waals surface area contributed by atoms with Gasteiger partial charge in [-0.2, -0.15) is 13.2 Å². The lowest BCUT2D eigenvalue weighted by Gasteiger charge is -2.39. The van der Waals surface area contributed by atoms with Gasteiger partial charge in [0.15, 0.2) is 0 Å². The highest BCUT2D eigenvalue weighted by atomic mass is 19.4. The van der Waals surface area contributed by atoms with Crippen LogP contribution in [-0.2, 0) is 55.7 Å². The second-order valence-corrected chi connectivity index (χ2v) is 22.5. The van der Waals surface area contributed by atoms with Gasteiger partial charge in [0.2, 0.25) is 53.2 Å². The first kappa shape index (κ1) is 64.5. The Morgan fingerprint density at radius 3 is 1.53 bits per heavy atom. The molecule has 76 heavy (non-hydrogen) atoms. The Morgan fingerprint density at radius 1 is 0.579 bits per heavy atom. The van der Waals surface area contributed by atoms with E-state index >= 15 is 0 Å². The third-order valence-corrected chi connectivity index (χ3v) is 14.0. The summed E-state index contributed by atoms with van der Waals surface area (Å²) in [6, 6.07) is -7.15. The molecule has 0 radical (unpaired) electrons. The molecule has 2 aliphatic heterocycles. The van der Waals surface area contributed by atoms with E-state index < -0.39 is 126 Å². The smallest absolute Gasteiger partial charge is 0.391 e. The first-order valence-corrected chi connectivity index (χ1v) is 26.7. The average Bonchev–Trinajstić information content (AvgIpc) is 3.34. The highest BCUT2D eigenvalue weighted by Crippen LogP contribution is 2.30. The van der Waals surface area contributed by atoms with E-state index in [0.717, 1.165) is 50.3 Å². The predicted molar refractivity (Wildman–Crippen MR) is 279 cm³/mol. The lowest BCUT2D eigenvalue weighted by Crippen LogP contribution is -2.62. The Morgan fingerprint density at radius 2 is 1.04 bits per heavy atom.